The van der Waals surface area contributed by atoms with Gasteiger partial charge in [0.2, 0.25) is 5.91 Å². The number of likely N-dealkylation sites (tertiary alicyclic amines) is 1. The first-order valence-electron chi connectivity index (χ1n) is 8.75. The SMILES string of the molecule is CN(C)C(=O)N1CCC(C(=O)N[C@]2(C)CCCC[C@@H]2C(=O)O)CC1. The summed E-state index contributed by atoms with van der Waals surface area (Å²) in [5.74, 6) is -1.57. The number of hydrogen-bond acceptors (Lipinski definition) is 3. The molecule has 2 fully saturated rings. The summed E-state index contributed by atoms with van der Waals surface area (Å²) in [6.45, 7) is 2.98. The maximum absolute atomic E-state index is 12.6. The van der Waals surface area contributed by atoms with E-state index in [2.05, 4.69) is 5.32 Å². The molecule has 1 saturated heterocycles. The molecule has 1 aliphatic heterocycles. The van der Waals surface area contributed by atoms with Crippen LogP contribution in [0.5, 0.6) is 0 Å². The minimum atomic E-state index is -0.830. The van der Waals surface area contributed by atoms with Crippen molar-refractivity contribution in [2.24, 2.45) is 11.8 Å². The summed E-state index contributed by atoms with van der Waals surface area (Å²) in [4.78, 5) is 39.4. The lowest BCUT2D eigenvalue weighted by Crippen LogP contribution is -2.57. The third-order valence-electron chi connectivity index (χ3n) is 5.43. The van der Waals surface area contributed by atoms with Crippen LogP contribution < -0.4 is 5.32 Å². The van der Waals surface area contributed by atoms with Crippen LogP contribution in [0.3, 0.4) is 0 Å². The van der Waals surface area contributed by atoms with Crippen LogP contribution in [-0.2, 0) is 9.59 Å². The van der Waals surface area contributed by atoms with E-state index in [1.54, 1.807) is 23.9 Å². The van der Waals surface area contributed by atoms with E-state index in [0.717, 1.165) is 12.8 Å². The molecule has 136 valence electrons. The molecule has 7 heteroatoms. The molecule has 0 aromatic heterocycles. The maximum atomic E-state index is 12.6. The third-order valence-corrected chi connectivity index (χ3v) is 5.43. The summed E-state index contributed by atoms with van der Waals surface area (Å²) in [6, 6.07) is -0.0287. The van der Waals surface area contributed by atoms with E-state index in [1.807, 2.05) is 6.92 Å². The van der Waals surface area contributed by atoms with Gasteiger partial charge in [0.15, 0.2) is 0 Å². The molecule has 0 aromatic carbocycles. The Morgan fingerprint density at radius 3 is 2.29 bits per heavy atom. The molecule has 2 rings (SSSR count). The molecular weight excluding hydrogens is 310 g/mol. The molecule has 0 aromatic rings. The number of rotatable bonds is 3. The van der Waals surface area contributed by atoms with Crippen molar-refractivity contribution in [3.63, 3.8) is 0 Å². The highest BCUT2D eigenvalue weighted by atomic mass is 16.4. The Balaban J connectivity index is 1.93. The van der Waals surface area contributed by atoms with Crippen molar-refractivity contribution in [2.45, 2.75) is 51.0 Å². The highest BCUT2D eigenvalue weighted by Gasteiger charge is 2.43. The van der Waals surface area contributed by atoms with Gasteiger partial charge in [0.25, 0.3) is 0 Å². The van der Waals surface area contributed by atoms with Crippen molar-refractivity contribution in [3.8, 4) is 0 Å². The van der Waals surface area contributed by atoms with Gasteiger partial charge in [0.1, 0.15) is 0 Å². The Morgan fingerprint density at radius 1 is 1.12 bits per heavy atom. The number of carboxylic acids is 1. The quantitative estimate of drug-likeness (QED) is 0.816. The van der Waals surface area contributed by atoms with Crippen LogP contribution in [0.15, 0.2) is 0 Å². The molecule has 24 heavy (non-hydrogen) atoms. The predicted octanol–water partition coefficient (Wildman–Crippen LogP) is 1.53. The predicted molar refractivity (Wildman–Crippen MR) is 89.5 cm³/mol. The average molecular weight is 339 g/mol. The van der Waals surface area contributed by atoms with Crippen LogP contribution in [0.25, 0.3) is 0 Å². The van der Waals surface area contributed by atoms with Gasteiger partial charge in [-0.25, -0.2) is 4.79 Å². The molecule has 1 aliphatic carbocycles. The number of hydrogen-bond donors (Lipinski definition) is 2. The third kappa shape index (κ3) is 3.99. The van der Waals surface area contributed by atoms with Crippen LogP contribution in [-0.4, -0.2) is 65.5 Å². The van der Waals surface area contributed by atoms with Crippen LogP contribution in [0.4, 0.5) is 4.79 Å². The highest BCUT2D eigenvalue weighted by molar-refractivity contribution is 5.82. The first-order chi connectivity index (χ1) is 11.2. The fourth-order valence-electron chi connectivity index (χ4n) is 3.88. The second-order valence-corrected chi connectivity index (χ2v) is 7.48. The number of piperidine rings is 1. The number of nitrogens with one attached hydrogen (secondary N) is 1. The van der Waals surface area contributed by atoms with Gasteiger partial charge in [-0.15, -0.1) is 0 Å². The Kier molecular flexibility index (Phi) is 5.72. The molecule has 0 spiro atoms. The molecule has 0 bridgehead atoms. The van der Waals surface area contributed by atoms with E-state index in [9.17, 15) is 19.5 Å². The van der Waals surface area contributed by atoms with E-state index in [0.29, 0.717) is 38.8 Å². The molecule has 7 nitrogen and oxygen atoms in total. The van der Waals surface area contributed by atoms with E-state index < -0.39 is 17.4 Å². The second kappa shape index (κ2) is 7.40. The van der Waals surface area contributed by atoms with Crippen molar-refractivity contribution < 1.29 is 19.5 Å². The van der Waals surface area contributed by atoms with Crippen LogP contribution >= 0.6 is 0 Å². The Hall–Kier alpha value is -1.79. The molecule has 2 atom stereocenters. The summed E-state index contributed by atoms with van der Waals surface area (Å²) in [6.07, 6.45) is 4.40. The van der Waals surface area contributed by atoms with Gasteiger partial charge >= 0.3 is 12.0 Å². The lowest BCUT2D eigenvalue weighted by Gasteiger charge is -2.41. The number of amides is 3. The van der Waals surface area contributed by atoms with E-state index in [1.165, 1.54) is 0 Å². The standard InChI is InChI=1S/C17H29N3O4/c1-17(9-5-4-6-13(17)15(22)23)18-14(21)12-7-10-20(11-8-12)16(24)19(2)3/h12-13H,4-11H2,1-3H3,(H,18,21)(H,22,23)/t13-,17-/m1/s1. The number of carbonyl (C=O) groups excluding carboxylic acids is 2. The van der Waals surface area contributed by atoms with Crippen molar-refractivity contribution in [3.05, 3.63) is 0 Å². The monoisotopic (exact) mass is 339 g/mol. The lowest BCUT2D eigenvalue weighted by molar-refractivity contribution is -0.147. The summed E-state index contributed by atoms with van der Waals surface area (Å²) in [5, 5.41) is 12.5. The van der Waals surface area contributed by atoms with Crippen LogP contribution in [0.2, 0.25) is 0 Å². The number of aliphatic carboxylic acids is 1. The number of nitrogens with zero attached hydrogens (tertiary/aromatic N) is 2. The molecule has 2 aliphatic rings. The zero-order chi connectivity index (χ0) is 17.9. The number of urea groups is 1. The lowest BCUT2D eigenvalue weighted by atomic mass is 9.73. The maximum Gasteiger partial charge on any atom is 0.319 e. The fourth-order valence-corrected chi connectivity index (χ4v) is 3.88. The van der Waals surface area contributed by atoms with Gasteiger partial charge in [-0.3, -0.25) is 9.59 Å². The smallest absolute Gasteiger partial charge is 0.319 e. The van der Waals surface area contributed by atoms with Crippen molar-refractivity contribution in [1.29, 1.82) is 0 Å². The normalized spacial score (nSPS) is 28.3. The topological polar surface area (TPSA) is 90.0 Å². The second-order valence-electron chi connectivity index (χ2n) is 7.48. The summed E-state index contributed by atoms with van der Waals surface area (Å²) in [5.41, 5.74) is -0.669. The largest absolute Gasteiger partial charge is 0.481 e. The first kappa shape index (κ1) is 18.5. The average Bonchev–Trinajstić information content (AvgIpc) is 2.53. The van der Waals surface area contributed by atoms with Gasteiger partial charge in [0, 0.05) is 33.1 Å². The molecule has 2 N–H and O–H groups in total. The Bertz CT molecular complexity index is 500. The summed E-state index contributed by atoms with van der Waals surface area (Å²) < 4.78 is 0. The van der Waals surface area contributed by atoms with E-state index in [-0.39, 0.29) is 17.9 Å². The zero-order valence-corrected chi connectivity index (χ0v) is 14.9. The Morgan fingerprint density at radius 2 is 1.75 bits per heavy atom. The molecule has 0 unspecified atom stereocenters. The number of carbonyl (C=O) groups is 3. The number of carboxylic acid groups (broad SMARTS) is 1. The van der Waals surface area contributed by atoms with Crippen molar-refractivity contribution in [1.82, 2.24) is 15.1 Å². The highest BCUT2D eigenvalue weighted by Crippen LogP contribution is 2.34. The summed E-state index contributed by atoms with van der Waals surface area (Å²) in [7, 11) is 3.44. The fraction of sp³-hybridized carbons (Fsp3) is 0.824. The molecule has 0 radical (unpaired) electrons. The summed E-state index contributed by atoms with van der Waals surface area (Å²) >= 11 is 0. The molecule has 1 heterocycles. The van der Waals surface area contributed by atoms with Crippen LogP contribution in [0.1, 0.15) is 45.4 Å². The van der Waals surface area contributed by atoms with Gasteiger partial charge in [-0.05, 0) is 32.6 Å². The van der Waals surface area contributed by atoms with E-state index >= 15 is 0 Å². The van der Waals surface area contributed by atoms with Crippen LogP contribution in [0, 0.1) is 11.8 Å². The van der Waals surface area contributed by atoms with Gasteiger partial charge in [-0.1, -0.05) is 12.8 Å². The van der Waals surface area contributed by atoms with E-state index in [4.69, 9.17) is 0 Å². The van der Waals surface area contributed by atoms with Gasteiger partial charge in [0.05, 0.1) is 11.5 Å². The van der Waals surface area contributed by atoms with Gasteiger partial charge in [-0.2, -0.15) is 0 Å². The van der Waals surface area contributed by atoms with Gasteiger partial charge < -0.3 is 20.2 Å². The first-order valence-corrected chi connectivity index (χ1v) is 8.75. The van der Waals surface area contributed by atoms with Crippen molar-refractivity contribution >= 4 is 17.9 Å². The molecule has 3 amide bonds. The molecular formula is C17H29N3O4. The zero-order valence-electron chi connectivity index (χ0n) is 14.9. The van der Waals surface area contributed by atoms with Crippen molar-refractivity contribution in [2.75, 3.05) is 27.2 Å². The molecule has 1 saturated carbocycles. The minimum Gasteiger partial charge on any atom is -0.481 e. The Labute approximate surface area is 143 Å². The minimum absolute atomic E-state index is 0.0287.